The summed E-state index contributed by atoms with van der Waals surface area (Å²) in [6.45, 7) is 0. The van der Waals surface area contributed by atoms with Crippen LogP contribution in [-0.4, -0.2) is 40.5 Å². The average Bonchev–Trinajstić information content (AvgIpc) is 3.41. The Kier molecular flexibility index (Phi) is 7.55. The molecule has 1 N–H and O–H groups in total. The Morgan fingerprint density at radius 2 is 1.53 bits per heavy atom. The maximum atomic E-state index is 15.2. The minimum absolute atomic E-state index is 0.0934. The van der Waals surface area contributed by atoms with Crippen LogP contribution in [0.25, 0.3) is 5.57 Å². The van der Waals surface area contributed by atoms with Crippen molar-refractivity contribution in [2.75, 3.05) is 12.0 Å². The number of nitrogens with zero attached hydrogens (tertiary/aromatic N) is 2. The molecule has 6 unspecified atom stereocenters. The normalized spacial score (nSPS) is 26.8. The summed E-state index contributed by atoms with van der Waals surface area (Å²) >= 11 is 0. The molecule has 4 aromatic rings. The van der Waals surface area contributed by atoms with E-state index in [9.17, 15) is 24.8 Å². The fourth-order valence-corrected chi connectivity index (χ4v) is 9.17. The Morgan fingerprint density at radius 1 is 0.843 bits per heavy atom. The third-order valence-electron chi connectivity index (χ3n) is 11.2. The number of phenols is 1. The number of methoxy groups -OCH3 is 1. The molecule has 8 rings (SSSR count). The smallest absolute Gasteiger partial charge is 0.269 e. The van der Waals surface area contributed by atoms with Gasteiger partial charge in [0.15, 0.2) is 11.6 Å². The molecule has 0 aromatic heterocycles. The van der Waals surface area contributed by atoms with Crippen molar-refractivity contribution in [2.45, 2.75) is 24.2 Å². The zero-order chi connectivity index (χ0) is 35.6. The van der Waals surface area contributed by atoms with Crippen LogP contribution in [0.5, 0.6) is 11.5 Å². The molecule has 254 valence electrons. The van der Waals surface area contributed by atoms with Gasteiger partial charge >= 0.3 is 0 Å². The minimum atomic E-state index is -1.53. The van der Waals surface area contributed by atoms with E-state index in [0.717, 1.165) is 4.90 Å². The maximum absolute atomic E-state index is 15.2. The number of anilines is 1. The van der Waals surface area contributed by atoms with Crippen LogP contribution >= 0.6 is 0 Å². The van der Waals surface area contributed by atoms with E-state index < -0.39 is 51.7 Å². The Hall–Kier alpha value is -6.16. The number of amides is 2. The SMILES string of the molecule is COc1cccc(O)c1C1C2=CCC3C(=O)N(c4ccc([N+](=O)[O-])cc4)C(=O)C3C2CC2C(=O)C(c3ccccc3)=CC(=O)C21c1ccccc1. The lowest BCUT2D eigenvalue weighted by atomic mass is 9.44. The molecule has 6 atom stereocenters. The summed E-state index contributed by atoms with van der Waals surface area (Å²) in [7, 11) is 1.47. The van der Waals surface area contributed by atoms with E-state index in [2.05, 4.69) is 0 Å². The second-order valence-corrected chi connectivity index (χ2v) is 13.5. The van der Waals surface area contributed by atoms with Crippen molar-refractivity contribution in [3.8, 4) is 11.5 Å². The van der Waals surface area contributed by atoms with Gasteiger partial charge in [-0.3, -0.25) is 34.2 Å². The van der Waals surface area contributed by atoms with Crippen molar-refractivity contribution < 1.29 is 33.9 Å². The van der Waals surface area contributed by atoms with Crippen LogP contribution in [0.3, 0.4) is 0 Å². The van der Waals surface area contributed by atoms with Gasteiger partial charge in [0.2, 0.25) is 11.8 Å². The molecule has 1 aliphatic heterocycles. The maximum Gasteiger partial charge on any atom is 0.269 e. The van der Waals surface area contributed by atoms with Crippen molar-refractivity contribution in [1.82, 2.24) is 0 Å². The van der Waals surface area contributed by atoms with Gasteiger partial charge in [0.25, 0.3) is 5.69 Å². The van der Waals surface area contributed by atoms with Gasteiger partial charge in [0, 0.05) is 35.1 Å². The van der Waals surface area contributed by atoms with Gasteiger partial charge in [-0.15, -0.1) is 0 Å². The van der Waals surface area contributed by atoms with E-state index in [-0.39, 0.29) is 47.1 Å². The van der Waals surface area contributed by atoms with Gasteiger partial charge in [-0.1, -0.05) is 78.4 Å². The number of carbonyl (C=O) groups is 4. The number of non-ortho nitro benzene ring substituents is 1. The Balaban J connectivity index is 1.36. The molecule has 10 nitrogen and oxygen atoms in total. The quantitative estimate of drug-likeness (QED) is 0.108. The monoisotopic (exact) mass is 680 g/mol. The lowest BCUT2D eigenvalue weighted by molar-refractivity contribution is -0.384. The zero-order valence-electron chi connectivity index (χ0n) is 27.5. The molecule has 4 aromatic carbocycles. The van der Waals surface area contributed by atoms with Crippen LogP contribution in [0.2, 0.25) is 0 Å². The number of hydrogen-bond donors (Lipinski definition) is 1. The predicted molar refractivity (Wildman–Crippen MR) is 187 cm³/mol. The molecule has 4 aliphatic rings. The fraction of sp³-hybridized carbons (Fsp3) is 0.220. The number of allylic oxidation sites excluding steroid dienone is 4. The topological polar surface area (TPSA) is 144 Å². The number of Topliss-reactive ketones (excluding diaryl/α,β-unsaturated/α-hetero) is 1. The summed E-state index contributed by atoms with van der Waals surface area (Å²) in [4.78, 5) is 70.6. The standard InChI is InChI=1S/C41H32N2O8/c1-51-33-14-8-13-32(44)36(33)37-27-19-20-28-35(40(48)42(39(28)47)25-15-17-26(18-16-25)43(49)50)30(27)21-31-38(46)29(23-9-4-2-5-10-23)22-34(45)41(31,37)24-11-6-3-7-12-24/h2-19,22,28,30-31,35,37,44H,20-21H2,1H3. The fourth-order valence-electron chi connectivity index (χ4n) is 9.17. The molecule has 3 aliphatic carbocycles. The van der Waals surface area contributed by atoms with Crippen LogP contribution in [0.1, 0.15) is 35.4 Å². The van der Waals surface area contributed by atoms with Gasteiger partial charge in [0.05, 0.1) is 35.0 Å². The summed E-state index contributed by atoms with van der Waals surface area (Å²) in [6.07, 6.45) is 3.60. The summed E-state index contributed by atoms with van der Waals surface area (Å²) in [5, 5.41) is 23.0. The number of rotatable bonds is 6. The third kappa shape index (κ3) is 4.62. The number of fused-ring (bicyclic) bond motifs is 4. The van der Waals surface area contributed by atoms with Gasteiger partial charge < -0.3 is 9.84 Å². The zero-order valence-corrected chi connectivity index (χ0v) is 27.5. The van der Waals surface area contributed by atoms with Gasteiger partial charge in [-0.25, -0.2) is 0 Å². The van der Waals surface area contributed by atoms with Crippen LogP contribution < -0.4 is 9.64 Å². The first-order chi connectivity index (χ1) is 24.7. The summed E-state index contributed by atoms with van der Waals surface area (Å²) in [5.41, 5.74) is 0.973. The lowest BCUT2D eigenvalue weighted by Gasteiger charge is -2.55. The number of carbonyl (C=O) groups excluding carboxylic acids is 4. The van der Waals surface area contributed by atoms with E-state index in [1.165, 1.54) is 43.5 Å². The number of nitro groups is 1. The number of phenolic OH excluding ortho intramolecular Hbond substituents is 1. The van der Waals surface area contributed by atoms with E-state index in [4.69, 9.17) is 4.74 Å². The highest BCUT2D eigenvalue weighted by atomic mass is 16.6. The molecular formula is C41H32N2O8. The van der Waals surface area contributed by atoms with Gasteiger partial charge in [-0.05, 0) is 60.2 Å². The van der Waals surface area contributed by atoms with Gasteiger partial charge in [-0.2, -0.15) is 0 Å². The minimum Gasteiger partial charge on any atom is -0.508 e. The lowest BCUT2D eigenvalue weighted by Crippen LogP contribution is -2.58. The second-order valence-electron chi connectivity index (χ2n) is 13.5. The van der Waals surface area contributed by atoms with Crippen molar-refractivity contribution in [3.63, 3.8) is 0 Å². The molecular weight excluding hydrogens is 648 g/mol. The first-order valence-corrected chi connectivity index (χ1v) is 16.8. The number of hydrogen-bond acceptors (Lipinski definition) is 8. The second kappa shape index (κ2) is 12.0. The van der Waals surface area contributed by atoms with E-state index in [0.29, 0.717) is 28.0 Å². The Bertz CT molecular complexity index is 2190. The number of ketones is 2. The first-order valence-electron chi connectivity index (χ1n) is 16.8. The van der Waals surface area contributed by atoms with Crippen molar-refractivity contribution in [3.05, 3.63) is 148 Å². The summed E-state index contributed by atoms with van der Waals surface area (Å²) < 4.78 is 5.82. The molecule has 51 heavy (non-hydrogen) atoms. The molecule has 10 heteroatoms. The molecule has 0 bridgehead atoms. The van der Waals surface area contributed by atoms with Crippen LogP contribution in [0.15, 0.2) is 121 Å². The number of imide groups is 1. The van der Waals surface area contributed by atoms with E-state index in [1.807, 2.05) is 42.5 Å². The molecule has 0 radical (unpaired) electrons. The average molecular weight is 681 g/mol. The largest absolute Gasteiger partial charge is 0.508 e. The highest BCUT2D eigenvalue weighted by molar-refractivity contribution is 6.32. The van der Waals surface area contributed by atoms with Crippen LogP contribution in [-0.2, 0) is 24.6 Å². The van der Waals surface area contributed by atoms with Crippen molar-refractivity contribution >= 4 is 40.3 Å². The predicted octanol–water partition coefficient (Wildman–Crippen LogP) is 6.34. The Morgan fingerprint density at radius 3 is 2.20 bits per heavy atom. The van der Waals surface area contributed by atoms with E-state index >= 15 is 9.59 Å². The summed E-state index contributed by atoms with van der Waals surface area (Å²) in [6, 6.07) is 28.2. The number of ether oxygens (including phenoxy) is 1. The molecule has 1 saturated carbocycles. The van der Waals surface area contributed by atoms with Crippen molar-refractivity contribution in [1.29, 1.82) is 0 Å². The molecule has 0 spiro atoms. The molecule has 2 fully saturated rings. The molecule has 1 heterocycles. The molecule has 1 saturated heterocycles. The number of benzene rings is 4. The molecule has 2 amide bonds. The van der Waals surface area contributed by atoms with Gasteiger partial charge in [0.1, 0.15) is 11.5 Å². The van der Waals surface area contributed by atoms with Crippen molar-refractivity contribution in [2.24, 2.45) is 23.7 Å². The summed E-state index contributed by atoms with van der Waals surface area (Å²) in [5.74, 6) is -5.52. The third-order valence-corrected chi connectivity index (χ3v) is 11.2. The first kappa shape index (κ1) is 32.1. The Labute approximate surface area is 292 Å². The number of nitro benzene ring substituents is 1. The van der Waals surface area contributed by atoms with Crippen LogP contribution in [0, 0.1) is 33.8 Å². The highest BCUT2D eigenvalue weighted by Crippen LogP contribution is 2.65. The van der Waals surface area contributed by atoms with E-state index in [1.54, 1.807) is 36.4 Å². The number of aromatic hydroxyl groups is 1. The van der Waals surface area contributed by atoms with Crippen LogP contribution in [0.4, 0.5) is 11.4 Å². The highest BCUT2D eigenvalue weighted by Gasteiger charge is 2.66.